The van der Waals surface area contributed by atoms with Crippen LogP contribution >= 0.6 is 11.8 Å². The van der Waals surface area contributed by atoms with Crippen LogP contribution in [0.25, 0.3) is 17.1 Å². The Morgan fingerprint density at radius 2 is 1.78 bits per heavy atom. The maximum atomic E-state index is 12.9. The van der Waals surface area contributed by atoms with Crippen LogP contribution in [-0.4, -0.2) is 26.0 Å². The molecule has 164 valence electrons. The quantitative estimate of drug-likeness (QED) is 0.404. The van der Waals surface area contributed by atoms with Gasteiger partial charge >= 0.3 is 0 Å². The zero-order chi connectivity index (χ0) is 22.5. The van der Waals surface area contributed by atoms with E-state index in [-0.39, 0.29) is 11.5 Å². The van der Waals surface area contributed by atoms with Gasteiger partial charge in [0.1, 0.15) is 12.0 Å². The molecular formula is C24H24N4O3S. The highest BCUT2D eigenvalue weighted by Gasteiger charge is 2.18. The number of carbonyl (C=O) groups excluding carboxylic acids is 1. The molecule has 0 aliphatic rings. The Kier molecular flexibility index (Phi) is 6.61. The summed E-state index contributed by atoms with van der Waals surface area (Å²) in [4.78, 5) is 29.8. The van der Waals surface area contributed by atoms with Gasteiger partial charge in [-0.15, -0.1) is 0 Å². The Labute approximate surface area is 190 Å². The van der Waals surface area contributed by atoms with Crippen molar-refractivity contribution in [3.05, 3.63) is 88.7 Å². The van der Waals surface area contributed by atoms with E-state index in [0.29, 0.717) is 35.2 Å². The molecule has 7 nitrogen and oxygen atoms in total. The molecule has 0 saturated carbocycles. The van der Waals surface area contributed by atoms with Crippen molar-refractivity contribution in [1.29, 1.82) is 0 Å². The van der Waals surface area contributed by atoms with E-state index in [9.17, 15) is 9.59 Å². The van der Waals surface area contributed by atoms with Crippen LogP contribution in [0, 0.1) is 6.92 Å². The van der Waals surface area contributed by atoms with Crippen molar-refractivity contribution in [3.63, 3.8) is 0 Å². The van der Waals surface area contributed by atoms with E-state index >= 15 is 0 Å². The summed E-state index contributed by atoms with van der Waals surface area (Å²) < 4.78 is 8.84. The van der Waals surface area contributed by atoms with E-state index in [2.05, 4.69) is 10.3 Å². The van der Waals surface area contributed by atoms with Gasteiger partial charge in [-0.05, 0) is 31.2 Å². The van der Waals surface area contributed by atoms with Crippen molar-refractivity contribution in [3.8, 4) is 17.1 Å². The molecule has 1 N–H and O–H groups in total. The Hall–Kier alpha value is -3.52. The topological polar surface area (TPSA) is 82.1 Å². The van der Waals surface area contributed by atoms with Gasteiger partial charge in [-0.2, -0.15) is 11.8 Å². The van der Waals surface area contributed by atoms with E-state index in [1.807, 2.05) is 67.6 Å². The number of rotatable bonds is 8. The molecule has 0 radical (unpaired) electrons. The number of anilines is 1. The highest BCUT2D eigenvalue weighted by atomic mass is 32.2. The van der Waals surface area contributed by atoms with Crippen LogP contribution < -0.4 is 10.9 Å². The van der Waals surface area contributed by atoms with Gasteiger partial charge in [0, 0.05) is 30.5 Å². The second-order valence-corrected chi connectivity index (χ2v) is 8.40. The summed E-state index contributed by atoms with van der Waals surface area (Å²) in [6.45, 7) is 1.82. The molecular weight excluding hydrogens is 424 g/mol. The number of benzene rings is 2. The molecule has 0 unspecified atom stereocenters. The first-order chi connectivity index (χ1) is 15.5. The summed E-state index contributed by atoms with van der Waals surface area (Å²) in [5, 5.41) is 2.79. The van der Waals surface area contributed by atoms with E-state index < -0.39 is 0 Å². The zero-order valence-corrected chi connectivity index (χ0v) is 18.8. The second-order valence-electron chi connectivity index (χ2n) is 7.30. The largest absolute Gasteiger partial charge is 0.444 e. The molecule has 4 rings (SSSR count). The number of hydrogen-bond donors (Lipinski definition) is 1. The summed E-state index contributed by atoms with van der Waals surface area (Å²) >= 11 is 1.60. The van der Waals surface area contributed by atoms with Crippen LogP contribution in [0.2, 0.25) is 0 Å². The molecule has 0 aliphatic heterocycles. The van der Waals surface area contributed by atoms with E-state index in [0.717, 1.165) is 16.9 Å². The van der Waals surface area contributed by atoms with Crippen molar-refractivity contribution in [2.75, 3.05) is 11.1 Å². The van der Waals surface area contributed by atoms with Crippen LogP contribution in [0.4, 0.5) is 5.69 Å². The van der Waals surface area contributed by atoms with Crippen LogP contribution in [0.1, 0.15) is 17.8 Å². The molecule has 0 aliphatic carbocycles. The third kappa shape index (κ3) is 4.70. The van der Waals surface area contributed by atoms with Crippen LogP contribution in [-0.2, 0) is 17.6 Å². The van der Waals surface area contributed by atoms with Gasteiger partial charge in [0.25, 0.3) is 5.56 Å². The summed E-state index contributed by atoms with van der Waals surface area (Å²) in [5.41, 5.74) is 3.29. The van der Waals surface area contributed by atoms with Gasteiger partial charge < -0.3 is 9.73 Å². The van der Waals surface area contributed by atoms with Gasteiger partial charge in [0.15, 0.2) is 0 Å². The lowest BCUT2D eigenvalue weighted by atomic mass is 10.2. The number of carbonyl (C=O) groups is 1. The fourth-order valence-electron chi connectivity index (χ4n) is 3.34. The molecule has 1 amide bonds. The Morgan fingerprint density at radius 1 is 1.09 bits per heavy atom. The molecule has 2 aromatic carbocycles. The summed E-state index contributed by atoms with van der Waals surface area (Å²) in [7, 11) is 1.80. The number of nitrogens with one attached hydrogen (secondary N) is 1. The molecule has 8 heteroatoms. The maximum Gasteiger partial charge on any atom is 0.295 e. The summed E-state index contributed by atoms with van der Waals surface area (Å²) in [5.74, 6) is 1.66. The molecule has 2 heterocycles. The molecule has 0 atom stereocenters. The van der Waals surface area contributed by atoms with Gasteiger partial charge in [-0.1, -0.05) is 36.4 Å². The van der Waals surface area contributed by atoms with E-state index in [4.69, 9.17) is 4.42 Å². The van der Waals surface area contributed by atoms with E-state index in [1.165, 1.54) is 0 Å². The number of amides is 1. The number of oxazole rings is 1. The average Bonchev–Trinajstić information content (AvgIpc) is 3.37. The van der Waals surface area contributed by atoms with Crippen molar-refractivity contribution >= 4 is 23.4 Å². The fraction of sp³-hybridized carbons (Fsp3) is 0.208. The van der Waals surface area contributed by atoms with Crippen LogP contribution in [0.5, 0.6) is 0 Å². The van der Waals surface area contributed by atoms with Gasteiger partial charge in [-0.3, -0.25) is 14.3 Å². The minimum Gasteiger partial charge on any atom is -0.444 e. The molecule has 2 aromatic heterocycles. The number of nitrogens with zero attached hydrogens (tertiary/aromatic N) is 3. The predicted molar refractivity (Wildman–Crippen MR) is 127 cm³/mol. The highest BCUT2D eigenvalue weighted by Crippen LogP contribution is 2.21. The monoisotopic (exact) mass is 448 g/mol. The van der Waals surface area contributed by atoms with Crippen molar-refractivity contribution < 1.29 is 9.21 Å². The molecule has 4 aromatic rings. The normalized spacial score (nSPS) is 10.9. The van der Waals surface area contributed by atoms with Crippen molar-refractivity contribution in [1.82, 2.24) is 14.3 Å². The molecule has 0 spiro atoms. The third-order valence-corrected chi connectivity index (χ3v) is 6.11. The highest BCUT2D eigenvalue weighted by molar-refractivity contribution is 7.98. The standard InChI is InChI=1S/C24H24N4O3S/c1-17-22(24(30)28(27(17)2)20-11-7-4-8-12-20)26-21(29)13-14-32-16-19-15-31-23(25-19)18-9-5-3-6-10-18/h3-12,15H,13-14,16H2,1-2H3,(H,26,29). The van der Waals surface area contributed by atoms with Crippen LogP contribution in [0.15, 0.2) is 76.1 Å². The molecule has 0 bridgehead atoms. The second kappa shape index (κ2) is 9.74. The average molecular weight is 449 g/mol. The van der Waals surface area contributed by atoms with Crippen molar-refractivity contribution in [2.45, 2.75) is 19.1 Å². The Balaban J connectivity index is 1.32. The third-order valence-electron chi connectivity index (χ3n) is 5.11. The molecule has 0 saturated heterocycles. The lowest BCUT2D eigenvalue weighted by Crippen LogP contribution is -2.23. The van der Waals surface area contributed by atoms with Gasteiger partial charge in [0.05, 0.1) is 17.1 Å². The number of hydrogen-bond acceptors (Lipinski definition) is 5. The minimum atomic E-state index is -0.242. The number of thioether (sulfide) groups is 1. The summed E-state index contributed by atoms with van der Waals surface area (Å²) in [6, 6.07) is 19.1. The summed E-state index contributed by atoms with van der Waals surface area (Å²) in [6.07, 6.45) is 1.95. The number of aromatic nitrogens is 3. The fourth-order valence-corrected chi connectivity index (χ4v) is 4.16. The first-order valence-electron chi connectivity index (χ1n) is 10.3. The first kappa shape index (κ1) is 21.7. The van der Waals surface area contributed by atoms with Gasteiger partial charge in [0.2, 0.25) is 11.8 Å². The molecule has 32 heavy (non-hydrogen) atoms. The number of para-hydroxylation sites is 1. The smallest absolute Gasteiger partial charge is 0.295 e. The molecule has 0 fully saturated rings. The Morgan fingerprint density at radius 3 is 2.50 bits per heavy atom. The first-order valence-corrected chi connectivity index (χ1v) is 11.4. The van der Waals surface area contributed by atoms with E-state index in [1.54, 1.807) is 34.4 Å². The SMILES string of the molecule is Cc1c(NC(=O)CCSCc2coc(-c3ccccc3)n2)c(=O)n(-c2ccccc2)n1C. The maximum absolute atomic E-state index is 12.9. The van der Waals surface area contributed by atoms with Gasteiger partial charge in [-0.25, -0.2) is 9.67 Å². The zero-order valence-electron chi connectivity index (χ0n) is 17.9. The lowest BCUT2D eigenvalue weighted by Gasteiger charge is -2.07. The van der Waals surface area contributed by atoms with Crippen LogP contribution in [0.3, 0.4) is 0 Å². The van der Waals surface area contributed by atoms with Crippen molar-refractivity contribution in [2.24, 2.45) is 7.05 Å². The predicted octanol–water partition coefficient (Wildman–Crippen LogP) is 4.40. The lowest BCUT2D eigenvalue weighted by molar-refractivity contribution is -0.115. The Bertz CT molecular complexity index is 1260. The minimum absolute atomic E-state index is 0.186.